The highest BCUT2D eigenvalue weighted by Gasteiger charge is 2.08. The molecule has 1 N–H and O–H groups in total. The SMILES string of the molecule is COc1ccc(NC(=O)c2cccc(CS(C)=O)c2)cn1. The Morgan fingerprint density at radius 1 is 1.33 bits per heavy atom. The summed E-state index contributed by atoms with van der Waals surface area (Å²) in [4.78, 5) is 16.2. The second-order valence-electron chi connectivity index (χ2n) is 4.46. The number of ether oxygens (including phenoxy) is 1. The van der Waals surface area contributed by atoms with Gasteiger partial charge in [-0.05, 0) is 23.8 Å². The number of nitrogens with one attached hydrogen (secondary N) is 1. The Labute approximate surface area is 125 Å². The molecule has 0 bridgehead atoms. The average molecular weight is 304 g/mol. The van der Waals surface area contributed by atoms with E-state index >= 15 is 0 Å². The van der Waals surface area contributed by atoms with Gasteiger partial charge in [-0.2, -0.15) is 0 Å². The number of carbonyl (C=O) groups is 1. The van der Waals surface area contributed by atoms with Crippen molar-refractivity contribution in [1.29, 1.82) is 0 Å². The van der Waals surface area contributed by atoms with Crippen molar-refractivity contribution in [2.75, 3.05) is 18.7 Å². The molecule has 0 aliphatic rings. The third-order valence-corrected chi connectivity index (χ3v) is 3.50. The number of hydrogen-bond acceptors (Lipinski definition) is 4. The molecule has 0 aliphatic heterocycles. The first-order chi connectivity index (χ1) is 10.1. The lowest BCUT2D eigenvalue weighted by Gasteiger charge is -2.07. The summed E-state index contributed by atoms with van der Waals surface area (Å²) in [6.07, 6.45) is 3.16. The Morgan fingerprint density at radius 3 is 2.76 bits per heavy atom. The largest absolute Gasteiger partial charge is 0.481 e. The maximum absolute atomic E-state index is 12.2. The Balaban J connectivity index is 2.10. The first-order valence-electron chi connectivity index (χ1n) is 6.29. The number of hydrogen-bond donors (Lipinski definition) is 1. The molecule has 1 aromatic heterocycles. The van der Waals surface area contributed by atoms with E-state index in [-0.39, 0.29) is 5.91 Å². The molecular formula is C15H16N2O3S. The van der Waals surface area contributed by atoms with Gasteiger partial charge in [-0.1, -0.05) is 12.1 Å². The lowest BCUT2D eigenvalue weighted by molar-refractivity contribution is 0.102. The molecule has 6 heteroatoms. The summed E-state index contributed by atoms with van der Waals surface area (Å²) < 4.78 is 16.2. The van der Waals surface area contributed by atoms with Crippen LogP contribution in [0.5, 0.6) is 5.88 Å². The molecule has 1 amide bonds. The van der Waals surface area contributed by atoms with E-state index in [0.29, 0.717) is 22.9 Å². The van der Waals surface area contributed by atoms with Crippen LogP contribution >= 0.6 is 0 Å². The van der Waals surface area contributed by atoms with Crippen molar-refractivity contribution in [3.8, 4) is 5.88 Å². The van der Waals surface area contributed by atoms with Gasteiger partial charge in [0.05, 0.1) is 19.0 Å². The number of amides is 1. The van der Waals surface area contributed by atoms with Crippen molar-refractivity contribution >= 4 is 22.4 Å². The molecular weight excluding hydrogens is 288 g/mol. The average Bonchev–Trinajstić information content (AvgIpc) is 2.47. The van der Waals surface area contributed by atoms with Gasteiger partial charge in [-0.25, -0.2) is 4.98 Å². The van der Waals surface area contributed by atoms with Crippen LogP contribution in [-0.4, -0.2) is 28.5 Å². The summed E-state index contributed by atoms with van der Waals surface area (Å²) in [7, 11) is 0.596. The molecule has 1 atom stereocenters. The van der Waals surface area contributed by atoms with Crippen LogP contribution < -0.4 is 10.1 Å². The predicted octanol–water partition coefficient (Wildman–Crippen LogP) is 2.22. The molecule has 110 valence electrons. The molecule has 0 aliphatic carbocycles. The minimum atomic E-state index is -0.935. The number of methoxy groups -OCH3 is 1. The van der Waals surface area contributed by atoms with E-state index in [9.17, 15) is 9.00 Å². The molecule has 2 rings (SSSR count). The zero-order valence-electron chi connectivity index (χ0n) is 11.8. The summed E-state index contributed by atoms with van der Waals surface area (Å²) in [6, 6.07) is 10.5. The summed E-state index contributed by atoms with van der Waals surface area (Å²) in [5.74, 6) is 0.691. The monoisotopic (exact) mass is 304 g/mol. The van der Waals surface area contributed by atoms with Crippen molar-refractivity contribution in [1.82, 2.24) is 4.98 Å². The van der Waals surface area contributed by atoms with Gasteiger partial charge in [-0.15, -0.1) is 0 Å². The van der Waals surface area contributed by atoms with Gasteiger partial charge in [0.1, 0.15) is 0 Å². The van der Waals surface area contributed by atoms with Crippen LogP contribution in [0, 0.1) is 0 Å². The fraction of sp³-hybridized carbons (Fsp3) is 0.200. The molecule has 0 saturated carbocycles. The van der Waals surface area contributed by atoms with Crippen molar-refractivity contribution in [3.63, 3.8) is 0 Å². The zero-order valence-corrected chi connectivity index (χ0v) is 12.6. The molecule has 21 heavy (non-hydrogen) atoms. The van der Waals surface area contributed by atoms with Gasteiger partial charge in [0.15, 0.2) is 0 Å². The molecule has 1 unspecified atom stereocenters. The fourth-order valence-electron chi connectivity index (χ4n) is 1.82. The minimum Gasteiger partial charge on any atom is -0.481 e. The number of aromatic nitrogens is 1. The fourth-order valence-corrected chi connectivity index (χ4v) is 2.46. The number of anilines is 1. The van der Waals surface area contributed by atoms with Crippen LogP contribution in [0.4, 0.5) is 5.69 Å². The van der Waals surface area contributed by atoms with Crippen LogP contribution in [0.1, 0.15) is 15.9 Å². The topological polar surface area (TPSA) is 68.3 Å². The summed E-state index contributed by atoms with van der Waals surface area (Å²) in [6.45, 7) is 0. The maximum atomic E-state index is 12.2. The van der Waals surface area contributed by atoms with Crippen LogP contribution in [0.2, 0.25) is 0 Å². The first-order valence-corrected chi connectivity index (χ1v) is 8.01. The lowest BCUT2D eigenvalue weighted by Crippen LogP contribution is -2.12. The van der Waals surface area contributed by atoms with Gasteiger partial charge in [0.2, 0.25) is 5.88 Å². The van der Waals surface area contributed by atoms with Crippen LogP contribution in [0.15, 0.2) is 42.6 Å². The zero-order chi connectivity index (χ0) is 15.2. The van der Waals surface area contributed by atoms with E-state index in [1.54, 1.807) is 36.6 Å². The van der Waals surface area contributed by atoms with Crippen LogP contribution in [0.25, 0.3) is 0 Å². The number of benzene rings is 1. The highest BCUT2D eigenvalue weighted by Crippen LogP contribution is 2.13. The van der Waals surface area contributed by atoms with Crippen molar-refractivity contribution in [2.24, 2.45) is 0 Å². The predicted molar refractivity (Wildman–Crippen MR) is 83.0 cm³/mol. The van der Waals surface area contributed by atoms with Gasteiger partial charge in [0, 0.05) is 34.4 Å². The molecule has 1 aromatic carbocycles. The minimum absolute atomic E-state index is 0.231. The number of carbonyl (C=O) groups excluding carboxylic acids is 1. The highest BCUT2D eigenvalue weighted by molar-refractivity contribution is 7.83. The van der Waals surface area contributed by atoms with E-state index in [2.05, 4.69) is 10.3 Å². The summed E-state index contributed by atoms with van der Waals surface area (Å²) >= 11 is 0. The molecule has 0 radical (unpaired) electrons. The van der Waals surface area contributed by atoms with E-state index in [0.717, 1.165) is 5.56 Å². The van der Waals surface area contributed by atoms with E-state index in [4.69, 9.17) is 4.74 Å². The quantitative estimate of drug-likeness (QED) is 0.919. The number of nitrogens with zero attached hydrogens (tertiary/aromatic N) is 1. The molecule has 2 aromatic rings. The van der Waals surface area contributed by atoms with E-state index in [1.807, 2.05) is 6.07 Å². The second-order valence-corrected chi connectivity index (χ2v) is 5.90. The smallest absolute Gasteiger partial charge is 0.255 e. The van der Waals surface area contributed by atoms with E-state index < -0.39 is 10.8 Å². The molecule has 0 fully saturated rings. The number of rotatable bonds is 5. The van der Waals surface area contributed by atoms with Crippen molar-refractivity contribution < 1.29 is 13.7 Å². The summed E-state index contributed by atoms with van der Waals surface area (Å²) in [5, 5.41) is 2.76. The van der Waals surface area contributed by atoms with Gasteiger partial charge >= 0.3 is 0 Å². The molecule has 1 heterocycles. The third kappa shape index (κ3) is 4.39. The first kappa shape index (κ1) is 15.2. The Morgan fingerprint density at radius 2 is 2.14 bits per heavy atom. The Bertz CT molecular complexity index is 656. The molecule has 5 nitrogen and oxygen atoms in total. The summed E-state index contributed by atoms with van der Waals surface area (Å²) in [5.41, 5.74) is 1.98. The normalized spacial score (nSPS) is 11.7. The molecule has 0 saturated heterocycles. The van der Waals surface area contributed by atoms with Crippen LogP contribution in [-0.2, 0) is 16.6 Å². The Hall–Kier alpha value is -2.21. The standard InChI is InChI=1S/C15H16N2O3S/c1-20-14-7-6-13(9-16-14)17-15(18)12-5-3-4-11(8-12)10-21(2)19/h3-9H,10H2,1-2H3,(H,17,18). The Kier molecular flexibility index (Phi) is 5.05. The third-order valence-electron chi connectivity index (χ3n) is 2.76. The van der Waals surface area contributed by atoms with Gasteiger partial charge in [0.25, 0.3) is 5.91 Å². The maximum Gasteiger partial charge on any atom is 0.255 e. The van der Waals surface area contributed by atoms with Gasteiger partial charge in [-0.3, -0.25) is 9.00 Å². The number of pyridine rings is 1. The second kappa shape index (κ2) is 6.99. The lowest BCUT2D eigenvalue weighted by atomic mass is 10.1. The van der Waals surface area contributed by atoms with Crippen molar-refractivity contribution in [3.05, 3.63) is 53.7 Å². The van der Waals surface area contributed by atoms with Crippen LogP contribution in [0.3, 0.4) is 0 Å². The molecule has 0 spiro atoms. The van der Waals surface area contributed by atoms with Gasteiger partial charge < -0.3 is 10.1 Å². The highest BCUT2D eigenvalue weighted by atomic mass is 32.2. The van der Waals surface area contributed by atoms with E-state index in [1.165, 1.54) is 13.3 Å². The van der Waals surface area contributed by atoms with Crippen molar-refractivity contribution in [2.45, 2.75) is 5.75 Å².